The lowest BCUT2D eigenvalue weighted by molar-refractivity contribution is -0.129. The zero-order chi connectivity index (χ0) is 19.1. The van der Waals surface area contributed by atoms with Crippen LogP contribution in [0.25, 0.3) is 0 Å². The third-order valence-corrected chi connectivity index (χ3v) is 5.19. The molecule has 0 bridgehead atoms. The number of anilines is 1. The minimum atomic E-state index is -0.444. The summed E-state index contributed by atoms with van der Waals surface area (Å²) in [5, 5.41) is 0. The second-order valence-electron chi connectivity index (χ2n) is 7.23. The molecule has 1 saturated carbocycles. The van der Waals surface area contributed by atoms with Gasteiger partial charge in [0.25, 0.3) is 11.8 Å². The van der Waals surface area contributed by atoms with Crippen LogP contribution in [0.5, 0.6) is 5.75 Å². The SMILES string of the molecule is O=C(CCCC1CCCCC1)NNC(=O)CN1C(=O)COc2ccccc21. The van der Waals surface area contributed by atoms with Gasteiger partial charge in [-0.05, 0) is 30.9 Å². The molecule has 2 N–H and O–H groups in total. The standard InChI is InChI=1S/C20H27N3O4/c24-18(12-6-9-15-7-2-1-3-8-15)21-22-19(25)13-23-16-10-4-5-11-17(16)27-14-20(23)26/h4-5,10-11,15H,1-3,6-9,12-14H2,(H,21,24)(H,22,25). The first kappa shape index (κ1) is 19.2. The Kier molecular flexibility index (Phi) is 6.68. The summed E-state index contributed by atoms with van der Waals surface area (Å²) in [6, 6.07) is 7.06. The number of fused-ring (bicyclic) bond motifs is 1. The number of benzene rings is 1. The van der Waals surface area contributed by atoms with Crippen molar-refractivity contribution in [3.8, 4) is 5.75 Å². The molecule has 7 heteroatoms. The Balaban J connectivity index is 1.39. The maximum atomic E-state index is 12.1. The first-order valence-electron chi connectivity index (χ1n) is 9.73. The monoisotopic (exact) mass is 373 g/mol. The van der Waals surface area contributed by atoms with Crippen molar-refractivity contribution in [3.63, 3.8) is 0 Å². The van der Waals surface area contributed by atoms with Crippen molar-refractivity contribution < 1.29 is 19.1 Å². The van der Waals surface area contributed by atoms with Crippen LogP contribution in [0.4, 0.5) is 5.69 Å². The average Bonchev–Trinajstić information content (AvgIpc) is 2.69. The molecule has 2 aliphatic rings. The van der Waals surface area contributed by atoms with Gasteiger partial charge >= 0.3 is 0 Å². The zero-order valence-corrected chi connectivity index (χ0v) is 15.5. The molecule has 0 atom stereocenters. The van der Waals surface area contributed by atoms with E-state index < -0.39 is 5.91 Å². The minimum Gasteiger partial charge on any atom is -0.482 e. The van der Waals surface area contributed by atoms with Gasteiger partial charge in [0.15, 0.2) is 6.61 Å². The number of amides is 3. The summed E-state index contributed by atoms with van der Waals surface area (Å²) in [6.07, 6.45) is 8.78. The largest absolute Gasteiger partial charge is 0.482 e. The third kappa shape index (κ3) is 5.45. The quantitative estimate of drug-likeness (QED) is 0.749. The molecular weight excluding hydrogens is 346 g/mol. The van der Waals surface area contributed by atoms with Gasteiger partial charge < -0.3 is 4.74 Å². The molecule has 27 heavy (non-hydrogen) atoms. The first-order valence-corrected chi connectivity index (χ1v) is 9.73. The highest BCUT2D eigenvalue weighted by molar-refractivity contribution is 6.02. The highest BCUT2D eigenvalue weighted by Crippen LogP contribution is 2.31. The van der Waals surface area contributed by atoms with E-state index in [-0.39, 0.29) is 25.0 Å². The van der Waals surface area contributed by atoms with E-state index in [1.54, 1.807) is 24.3 Å². The molecule has 1 heterocycles. The lowest BCUT2D eigenvalue weighted by Crippen LogP contribution is -2.49. The number of ether oxygens (including phenoxy) is 1. The second-order valence-corrected chi connectivity index (χ2v) is 7.23. The lowest BCUT2D eigenvalue weighted by Gasteiger charge is -2.28. The molecule has 0 aromatic heterocycles. The summed E-state index contributed by atoms with van der Waals surface area (Å²) >= 11 is 0. The van der Waals surface area contributed by atoms with Crippen molar-refractivity contribution in [1.29, 1.82) is 0 Å². The van der Waals surface area contributed by atoms with E-state index >= 15 is 0 Å². The van der Waals surface area contributed by atoms with Crippen molar-refractivity contribution >= 4 is 23.4 Å². The summed E-state index contributed by atoms with van der Waals surface area (Å²) < 4.78 is 5.35. The fourth-order valence-corrected chi connectivity index (χ4v) is 3.74. The Morgan fingerprint density at radius 1 is 1.07 bits per heavy atom. The molecule has 0 radical (unpaired) electrons. The molecule has 146 valence electrons. The number of para-hydroxylation sites is 2. The summed E-state index contributed by atoms with van der Waals surface area (Å²) in [5.74, 6) is 0.376. The Morgan fingerprint density at radius 2 is 1.81 bits per heavy atom. The highest BCUT2D eigenvalue weighted by atomic mass is 16.5. The van der Waals surface area contributed by atoms with Gasteiger partial charge in [0, 0.05) is 6.42 Å². The molecule has 1 aromatic rings. The fourth-order valence-electron chi connectivity index (χ4n) is 3.74. The van der Waals surface area contributed by atoms with E-state index in [2.05, 4.69) is 10.9 Å². The molecule has 0 saturated heterocycles. The summed E-state index contributed by atoms with van der Waals surface area (Å²) in [6.45, 7) is -0.265. The van der Waals surface area contributed by atoms with E-state index in [1.807, 2.05) is 0 Å². The van der Waals surface area contributed by atoms with Crippen molar-refractivity contribution in [3.05, 3.63) is 24.3 Å². The second kappa shape index (κ2) is 9.39. The zero-order valence-electron chi connectivity index (χ0n) is 15.5. The predicted octanol–water partition coefficient (Wildman–Crippen LogP) is 2.31. The van der Waals surface area contributed by atoms with E-state index in [1.165, 1.54) is 37.0 Å². The van der Waals surface area contributed by atoms with Crippen molar-refractivity contribution in [1.82, 2.24) is 10.9 Å². The van der Waals surface area contributed by atoms with E-state index in [9.17, 15) is 14.4 Å². The molecule has 1 aliphatic heterocycles. The highest BCUT2D eigenvalue weighted by Gasteiger charge is 2.27. The predicted molar refractivity (Wildman–Crippen MR) is 101 cm³/mol. The number of hydrogen-bond acceptors (Lipinski definition) is 4. The van der Waals surface area contributed by atoms with Crippen LogP contribution in [-0.2, 0) is 14.4 Å². The van der Waals surface area contributed by atoms with Crippen LogP contribution in [0.15, 0.2) is 24.3 Å². The maximum absolute atomic E-state index is 12.1. The summed E-state index contributed by atoms with van der Waals surface area (Å²) in [4.78, 5) is 37.5. The summed E-state index contributed by atoms with van der Waals surface area (Å²) in [5.41, 5.74) is 5.40. The van der Waals surface area contributed by atoms with Crippen LogP contribution < -0.4 is 20.5 Å². The smallest absolute Gasteiger partial charge is 0.265 e. The Labute approximate surface area is 159 Å². The minimum absolute atomic E-state index is 0.0994. The lowest BCUT2D eigenvalue weighted by atomic mass is 9.86. The normalized spacial score (nSPS) is 17.0. The van der Waals surface area contributed by atoms with Gasteiger partial charge in [-0.15, -0.1) is 0 Å². The van der Waals surface area contributed by atoms with Crippen LogP contribution in [0, 0.1) is 5.92 Å². The van der Waals surface area contributed by atoms with Crippen molar-refractivity contribution in [2.45, 2.75) is 51.4 Å². The van der Waals surface area contributed by atoms with E-state index in [4.69, 9.17) is 4.74 Å². The molecule has 1 fully saturated rings. The number of rotatable bonds is 6. The van der Waals surface area contributed by atoms with Gasteiger partial charge in [-0.3, -0.25) is 30.1 Å². The number of carbonyl (C=O) groups is 3. The molecule has 3 amide bonds. The molecule has 0 spiro atoms. The van der Waals surface area contributed by atoms with Gasteiger partial charge in [0.05, 0.1) is 5.69 Å². The number of hydrazine groups is 1. The fraction of sp³-hybridized carbons (Fsp3) is 0.550. The van der Waals surface area contributed by atoms with Crippen molar-refractivity contribution in [2.24, 2.45) is 5.92 Å². The van der Waals surface area contributed by atoms with Gasteiger partial charge in [-0.2, -0.15) is 0 Å². The van der Waals surface area contributed by atoms with Gasteiger partial charge in [0.1, 0.15) is 12.3 Å². The van der Waals surface area contributed by atoms with Crippen LogP contribution in [0.2, 0.25) is 0 Å². The van der Waals surface area contributed by atoms with Crippen LogP contribution in [0.1, 0.15) is 51.4 Å². The van der Waals surface area contributed by atoms with Gasteiger partial charge in [-0.25, -0.2) is 0 Å². The topological polar surface area (TPSA) is 87.7 Å². The van der Waals surface area contributed by atoms with Crippen LogP contribution in [0.3, 0.4) is 0 Å². The number of nitrogens with zero attached hydrogens (tertiary/aromatic N) is 1. The molecule has 0 unspecified atom stereocenters. The van der Waals surface area contributed by atoms with Gasteiger partial charge in [0.2, 0.25) is 5.91 Å². The van der Waals surface area contributed by atoms with E-state index in [0.717, 1.165) is 18.8 Å². The number of hydrogen-bond donors (Lipinski definition) is 2. The Morgan fingerprint density at radius 3 is 2.63 bits per heavy atom. The number of carbonyl (C=O) groups excluding carboxylic acids is 3. The average molecular weight is 373 g/mol. The third-order valence-electron chi connectivity index (χ3n) is 5.19. The van der Waals surface area contributed by atoms with Crippen LogP contribution >= 0.6 is 0 Å². The summed E-state index contributed by atoms with van der Waals surface area (Å²) in [7, 11) is 0. The molecule has 1 aliphatic carbocycles. The van der Waals surface area contributed by atoms with E-state index in [0.29, 0.717) is 17.9 Å². The van der Waals surface area contributed by atoms with Gasteiger partial charge in [-0.1, -0.05) is 44.2 Å². The Hall–Kier alpha value is -2.57. The molecule has 3 rings (SSSR count). The first-order chi connectivity index (χ1) is 13.1. The molecular formula is C20H27N3O4. The molecule has 7 nitrogen and oxygen atoms in total. The van der Waals surface area contributed by atoms with Crippen LogP contribution in [-0.4, -0.2) is 30.9 Å². The Bertz CT molecular complexity index is 686. The maximum Gasteiger partial charge on any atom is 0.265 e. The van der Waals surface area contributed by atoms with Crippen molar-refractivity contribution in [2.75, 3.05) is 18.1 Å². The number of nitrogens with one attached hydrogen (secondary N) is 2. The molecule has 1 aromatic carbocycles.